The second kappa shape index (κ2) is 10.0. The molecule has 1 aliphatic rings. The third kappa shape index (κ3) is 5.55. The van der Waals surface area contributed by atoms with Gasteiger partial charge in [0.2, 0.25) is 0 Å². The molecule has 1 heterocycles. The van der Waals surface area contributed by atoms with Gasteiger partial charge in [-0.3, -0.25) is 4.79 Å². The van der Waals surface area contributed by atoms with Crippen LogP contribution in [0.25, 0.3) is 0 Å². The van der Waals surface area contributed by atoms with Crippen molar-refractivity contribution < 1.29 is 14.3 Å². The summed E-state index contributed by atoms with van der Waals surface area (Å²) in [7, 11) is 0. The van der Waals surface area contributed by atoms with Crippen molar-refractivity contribution in [3.63, 3.8) is 0 Å². The molecular weight excluding hydrogens is 390 g/mol. The van der Waals surface area contributed by atoms with Gasteiger partial charge < -0.3 is 10.1 Å². The average Bonchev–Trinajstić information content (AvgIpc) is 2.75. The molecule has 1 amide bonds. The molecule has 1 aliphatic heterocycles. The third-order valence-corrected chi connectivity index (χ3v) is 7.54. The third-order valence-electron chi connectivity index (χ3n) is 4.53. The van der Waals surface area contributed by atoms with E-state index in [0.29, 0.717) is 15.8 Å². The van der Waals surface area contributed by atoms with E-state index in [2.05, 4.69) is 12.2 Å². The number of nitrogens with one attached hydrogen (secondary N) is 1. The minimum absolute atomic E-state index is 0.343. The van der Waals surface area contributed by atoms with Gasteiger partial charge in [-0.25, -0.2) is 4.79 Å². The number of hydrogen-bond donors (Lipinski definition) is 1. The van der Waals surface area contributed by atoms with Crippen molar-refractivity contribution in [2.75, 3.05) is 16.8 Å². The first-order valence-corrected chi connectivity index (χ1v) is 11.6. The van der Waals surface area contributed by atoms with E-state index in [0.717, 1.165) is 6.42 Å². The van der Waals surface area contributed by atoms with Crippen LogP contribution in [-0.2, 0) is 16.0 Å². The minimum atomic E-state index is -0.873. The van der Waals surface area contributed by atoms with Crippen LogP contribution in [0.1, 0.15) is 46.3 Å². The summed E-state index contributed by atoms with van der Waals surface area (Å²) in [5.41, 5.74) is 3.57. The van der Waals surface area contributed by atoms with E-state index >= 15 is 0 Å². The molecule has 148 valence electrons. The number of ether oxygens (including phenoxy) is 1. The quantitative estimate of drug-likeness (QED) is 0.649. The summed E-state index contributed by atoms with van der Waals surface area (Å²) in [5.74, 6) is 1.52. The van der Waals surface area contributed by atoms with Crippen LogP contribution in [-0.4, -0.2) is 29.5 Å². The summed E-state index contributed by atoms with van der Waals surface area (Å²) < 4.78 is 5.77. The highest BCUT2D eigenvalue weighted by Crippen LogP contribution is 2.43. The van der Waals surface area contributed by atoms with Crippen LogP contribution in [0.4, 0.5) is 5.69 Å². The maximum atomic E-state index is 12.4. The fourth-order valence-corrected chi connectivity index (χ4v) is 5.70. The monoisotopic (exact) mass is 415 g/mol. The Kier molecular flexibility index (Phi) is 7.45. The molecule has 0 unspecified atom stereocenters. The van der Waals surface area contributed by atoms with Gasteiger partial charge in [-0.15, -0.1) is 23.5 Å². The van der Waals surface area contributed by atoms with E-state index in [1.54, 1.807) is 19.1 Å². The van der Waals surface area contributed by atoms with Crippen LogP contribution in [0.3, 0.4) is 0 Å². The van der Waals surface area contributed by atoms with Gasteiger partial charge in [0.15, 0.2) is 6.10 Å². The van der Waals surface area contributed by atoms with Gasteiger partial charge in [-0.1, -0.05) is 31.2 Å². The lowest BCUT2D eigenvalue weighted by molar-refractivity contribution is -0.123. The Morgan fingerprint density at radius 3 is 2.32 bits per heavy atom. The van der Waals surface area contributed by atoms with Crippen LogP contribution < -0.4 is 5.32 Å². The number of rotatable bonds is 6. The zero-order chi connectivity index (χ0) is 19.9. The zero-order valence-corrected chi connectivity index (χ0v) is 17.8. The molecule has 28 heavy (non-hydrogen) atoms. The van der Waals surface area contributed by atoms with Crippen molar-refractivity contribution in [3.8, 4) is 0 Å². The summed E-state index contributed by atoms with van der Waals surface area (Å²) in [6.45, 7) is 3.66. The molecule has 0 radical (unpaired) electrons. The highest BCUT2D eigenvalue weighted by Gasteiger charge is 2.20. The van der Waals surface area contributed by atoms with E-state index in [1.807, 2.05) is 59.9 Å². The first kappa shape index (κ1) is 20.8. The summed E-state index contributed by atoms with van der Waals surface area (Å²) in [4.78, 5) is 24.7. The fraction of sp³-hybridized carbons (Fsp3) is 0.364. The number of anilines is 1. The standard InChI is InChI=1S/C22H25NO3S2/c1-3-16-5-11-19(12-6-16)23-20(24)15(2)26-21(25)17-7-9-18(10-8-17)22-27-13-4-14-28-22/h5-12,15,22H,3-4,13-14H2,1-2H3,(H,23,24)/t15-/m1/s1. The van der Waals surface area contributed by atoms with Crippen LogP contribution in [0.5, 0.6) is 0 Å². The van der Waals surface area contributed by atoms with Gasteiger partial charge in [-0.2, -0.15) is 0 Å². The Bertz CT molecular complexity index is 800. The van der Waals surface area contributed by atoms with E-state index < -0.39 is 12.1 Å². The predicted octanol–water partition coefficient (Wildman–Crippen LogP) is 5.30. The number of aryl methyl sites for hydroxylation is 1. The van der Waals surface area contributed by atoms with E-state index in [-0.39, 0.29) is 5.91 Å². The van der Waals surface area contributed by atoms with Gasteiger partial charge in [0.25, 0.3) is 5.91 Å². The van der Waals surface area contributed by atoms with Gasteiger partial charge in [0.05, 0.1) is 10.1 Å². The molecule has 1 saturated heterocycles. The SMILES string of the molecule is CCc1ccc(NC(=O)[C@@H](C)OC(=O)c2ccc(C3SCCCS3)cc2)cc1. The fourth-order valence-electron chi connectivity index (χ4n) is 2.81. The number of carbonyl (C=O) groups is 2. The lowest BCUT2D eigenvalue weighted by Crippen LogP contribution is -2.30. The zero-order valence-electron chi connectivity index (χ0n) is 16.1. The van der Waals surface area contributed by atoms with Crippen molar-refractivity contribution in [2.24, 2.45) is 0 Å². The normalized spacial score (nSPS) is 15.6. The molecule has 0 aliphatic carbocycles. The first-order chi connectivity index (χ1) is 13.6. The van der Waals surface area contributed by atoms with Crippen LogP contribution in [0.15, 0.2) is 48.5 Å². The molecule has 0 aromatic heterocycles. The Morgan fingerprint density at radius 1 is 1.07 bits per heavy atom. The summed E-state index contributed by atoms with van der Waals surface area (Å²) in [6.07, 6.45) is 1.32. The molecule has 1 N–H and O–H groups in total. The molecule has 2 aromatic rings. The Balaban J connectivity index is 1.54. The largest absolute Gasteiger partial charge is 0.449 e. The molecule has 1 fully saturated rings. The van der Waals surface area contributed by atoms with Crippen LogP contribution in [0.2, 0.25) is 0 Å². The lowest BCUT2D eigenvalue weighted by Gasteiger charge is -2.21. The van der Waals surface area contributed by atoms with Crippen molar-refractivity contribution in [2.45, 2.75) is 37.4 Å². The van der Waals surface area contributed by atoms with Crippen LogP contribution >= 0.6 is 23.5 Å². The second-order valence-corrected chi connectivity index (χ2v) is 9.36. The van der Waals surface area contributed by atoms with Crippen LogP contribution in [0, 0.1) is 0 Å². The number of amides is 1. The number of benzene rings is 2. The molecule has 3 rings (SSSR count). The number of thioether (sulfide) groups is 2. The smallest absolute Gasteiger partial charge is 0.338 e. The van der Waals surface area contributed by atoms with Crippen molar-refractivity contribution in [3.05, 3.63) is 65.2 Å². The maximum absolute atomic E-state index is 12.4. The molecule has 2 aromatic carbocycles. The minimum Gasteiger partial charge on any atom is -0.449 e. The van der Waals surface area contributed by atoms with Crippen molar-refractivity contribution in [1.29, 1.82) is 0 Å². The molecular formula is C22H25NO3S2. The maximum Gasteiger partial charge on any atom is 0.338 e. The summed E-state index contributed by atoms with van der Waals surface area (Å²) >= 11 is 3.88. The first-order valence-electron chi connectivity index (χ1n) is 9.50. The second-order valence-electron chi connectivity index (χ2n) is 6.64. The Hall–Kier alpha value is -1.92. The van der Waals surface area contributed by atoms with E-state index in [1.165, 1.54) is 29.1 Å². The summed E-state index contributed by atoms with van der Waals surface area (Å²) in [6, 6.07) is 15.2. The average molecular weight is 416 g/mol. The molecule has 0 bridgehead atoms. The van der Waals surface area contributed by atoms with Gasteiger partial charge in [-0.05, 0) is 66.7 Å². The van der Waals surface area contributed by atoms with Crippen molar-refractivity contribution in [1.82, 2.24) is 0 Å². The molecule has 1 atom stereocenters. The Labute approximate surface area is 174 Å². The molecule has 6 heteroatoms. The number of esters is 1. The highest BCUT2D eigenvalue weighted by molar-refractivity contribution is 8.16. The number of hydrogen-bond acceptors (Lipinski definition) is 5. The van der Waals surface area contributed by atoms with E-state index in [4.69, 9.17) is 4.74 Å². The Morgan fingerprint density at radius 2 is 1.71 bits per heavy atom. The van der Waals surface area contributed by atoms with E-state index in [9.17, 15) is 9.59 Å². The lowest BCUT2D eigenvalue weighted by atomic mass is 10.1. The van der Waals surface area contributed by atoms with Gasteiger partial charge in [0.1, 0.15) is 0 Å². The topological polar surface area (TPSA) is 55.4 Å². The molecule has 4 nitrogen and oxygen atoms in total. The van der Waals surface area contributed by atoms with Crippen molar-refractivity contribution >= 4 is 41.1 Å². The van der Waals surface area contributed by atoms with Gasteiger partial charge in [0, 0.05) is 5.69 Å². The predicted molar refractivity (Wildman–Crippen MR) is 118 cm³/mol. The number of carbonyl (C=O) groups excluding carboxylic acids is 2. The van der Waals surface area contributed by atoms with Gasteiger partial charge >= 0.3 is 5.97 Å². The highest BCUT2D eigenvalue weighted by atomic mass is 32.2. The molecule has 0 spiro atoms. The molecule has 0 saturated carbocycles. The summed E-state index contributed by atoms with van der Waals surface area (Å²) in [5, 5.41) is 2.78.